The topological polar surface area (TPSA) is 87.9 Å². The number of benzene rings is 1. The Morgan fingerprint density at radius 1 is 1.50 bits per heavy atom. The smallest absolute Gasteiger partial charge is 0.278 e. The summed E-state index contributed by atoms with van der Waals surface area (Å²) in [4.78, 5) is 21.6. The number of carbonyl (C=O) groups is 1. The van der Waals surface area contributed by atoms with Crippen LogP contribution in [0.2, 0.25) is 5.02 Å². The molecule has 0 aliphatic heterocycles. The molecule has 1 unspecified atom stereocenters. The molecule has 0 spiro atoms. The molecule has 0 radical (unpaired) electrons. The first-order valence-corrected chi connectivity index (χ1v) is 9.55. The average Bonchev–Trinajstić information content (AvgIpc) is 3.14. The molecule has 10 heteroatoms. The van der Waals surface area contributed by atoms with Gasteiger partial charge in [0.1, 0.15) is 6.61 Å². The molecule has 0 aliphatic rings. The maximum atomic E-state index is 15.1. The monoisotopic (exact) mass is 470 g/mol. The molecule has 0 fully saturated rings. The van der Waals surface area contributed by atoms with Gasteiger partial charge in [-0.1, -0.05) is 34.5 Å². The van der Waals surface area contributed by atoms with E-state index < -0.39 is 17.8 Å². The summed E-state index contributed by atoms with van der Waals surface area (Å²) in [6.07, 6.45) is 4.13. The number of hydrogen-bond donors (Lipinski definition) is 3. The van der Waals surface area contributed by atoms with Gasteiger partial charge in [0.05, 0.1) is 28.1 Å². The summed E-state index contributed by atoms with van der Waals surface area (Å²) in [6, 6.07) is 5.03. The second-order valence-electron chi connectivity index (χ2n) is 5.94. The Bertz CT molecular complexity index is 1010. The highest BCUT2D eigenvalue weighted by molar-refractivity contribution is 9.10. The van der Waals surface area contributed by atoms with Gasteiger partial charge < -0.3 is 14.8 Å². The number of hydroxylamine groups is 1. The number of rotatable bonds is 7. The minimum Gasteiger partial charge on any atom is -0.391 e. The summed E-state index contributed by atoms with van der Waals surface area (Å²) < 4.78 is 17.2. The first kappa shape index (κ1) is 20.5. The Kier molecular flexibility index (Phi) is 6.50. The maximum absolute atomic E-state index is 15.1. The van der Waals surface area contributed by atoms with Crippen molar-refractivity contribution in [2.75, 3.05) is 11.9 Å². The summed E-state index contributed by atoms with van der Waals surface area (Å²) in [7, 11) is 0. The predicted octanol–water partition coefficient (Wildman–Crippen LogP) is 4.07. The van der Waals surface area contributed by atoms with E-state index in [0.717, 1.165) is 4.47 Å². The zero-order valence-corrected chi connectivity index (χ0v) is 17.1. The number of nitrogens with one attached hydrogen (secondary N) is 2. The maximum Gasteiger partial charge on any atom is 0.278 e. The number of pyridine rings is 1. The van der Waals surface area contributed by atoms with Crippen LogP contribution >= 0.6 is 27.5 Å². The first-order chi connectivity index (χ1) is 13.4. The van der Waals surface area contributed by atoms with E-state index in [4.69, 9.17) is 16.4 Å². The fourth-order valence-electron chi connectivity index (χ4n) is 2.42. The van der Waals surface area contributed by atoms with Crippen LogP contribution in [0.1, 0.15) is 23.7 Å². The minimum atomic E-state index is -0.717. The molecule has 1 aromatic carbocycles. The molecule has 0 saturated heterocycles. The normalized spacial score (nSPS) is 12.2. The van der Waals surface area contributed by atoms with Gasteiger partial charge in [-0.05, 0) is 24.6 Å². The number of anilines is 2. The highest BCUT2D eigenvalue weighted by Crippen LogP contribution is 2.32. The number of carbonyl (C=O) groups excluding carboxylic acids is 1. The standard InChI is InChI=1S/C18H17BrClFN4O3/c1-2-11(26)9-28-24-18(27)12-8-25-6-5-22-17(25)15(21)16(12)23-14-4-3-10(19)7-13(14)20/h3-8,11,23,26H,2,9H2,1H3,(H,24,27). The largest absolute Gasteiger partial charge is 0.391 e. The van der Waals surface area contributed by atoms with Crippen LogP contribution in [0, 0.1) is 5.82 Å². The second-order valence-corrected chi connectivity index (χ2v) is 7.27. The molecule has 3 aromatic rings. The Hall–Kier alpha value is -2.20. The lowest BCUT2D eigenvalue weighted by Gasteiger charge is -2.16. The van der Waals surface area contributed by atoms with Gasteiger partial charge in [-0.3, -0.25) is 9.63 Å². The van der Waals surface area contributed by atoms with Crippen molar-refractivity contribution in [3.05, 3.63) is 57.7 Å². The van der Waals surface area contributed by atoms with Crippen LogP contribution in [0.5, 0.6) is 0 Å². The van der Waals surface area contributed by atoms with E-state index in [1.54, 1.807) is 25.1 Å². The molecule has 0 bridgehead atoms. The molecule has 1 atom stereocenters. The fourth-order valence-corrected chi connectivity index (χ4v) is 3.14. The first-order valence-electron chi connectivity index (χ1n) is 8.38. The fraction of sp³-hybridized carbons (Fsp3) is 0.222. The highest BCUT2D eigenvalue weighted by Gasteiger charge is 2.21. The zero-order chi connectivity index (χ0) is 20.3. The van der Waals surface area contributed by atoms with Gasteiger partial charge in [0.25, 0.3) is 5.91 Å². The van der Waals surface area contributed by atoms with Crippen LogP contribution in [0.15, 0.2) is 41.3 Å². The number of aliphatic hydroxyl groups is 1. The van der Waals surface area contributed by atoms with Crippen LogP contribution in [-0.4, -0.2) is 33.1 Å². The summed E-state index contributed by atoms with van der Waals surface area (Å²) in [5.74, 6) is -1.40. The van der Waals surface area contributed by atoms with Crippen LogP contribution < -0.4 is 10.8 Å². The molecule has 1 amide bonds. The van der Waals surface area contributed by atoms with Crippen LogP contribution in [-0.2, 0) is 4.84 Å². The van der Waals surface area contributed by atoms with E-state index in [9.17, 15) is 9.90 Å². The molecule has 3 N–H and O–H groups in total. The van der Waals surface area contributed by atoms with Gasteiger partial charge in [0, 0.05) is 23.1 Å². The van der Waals surface area contributed by atoms with Crippen molar-refractivity contribution in [1.82, 2.24) is 14.9 Å². The summed E-state index contributed by atoms with van der Waals surface area (Å²) in [5, 5.41) is 12.7. The zero-order valence-electron chi connectivity index (χ0n) is 14.7. The predicted molar refractivity (Wildman–Crippen MR) is 107 cm³/mol. The number of nitrogens with zero attached hydrogens (tertiary/aromatic N) is 2. The van der Waals surface area contributed by atoms with Gasteiger partial charge in [0.15, 0.2) is 11.5 Å². The minimum absolute atomic E-state index is 0.0204. The summed E-state index contributed by atoms with van der Waals surface area (Å²) in [5.41, 5.74) is 2.56. The summed E-state index contributed by atoms with van der Waals surface area (Å²) >= 11 is 9.51. The van der Waals surface area contributed by atoms with Crippen molar-refractivity contribution in [2.45, 2.75) is 19.4 Å². The van der Waals surface area contributed by atoms with Crippen LogP contribution in [0.3, 0.4) is 0 Å². The van der Waals surface area contributed by atoms with E-state index in [0.29, 0.717) is 17.1 Å². The molecule has 3 rings (SSSR count). The van der Waals surface area contributed by atoms with E-state index in [-0.39, 0.29) is 23.5 Å². The SMILES string of the molecule is CCC(O)CONC(=O)c1cn2ccnc2c(F)c1Nc1ccc(Br)cc1Cl. The number of aromatic nitrogens is 2. The summed E-state index contributed by atoms with van der Waals surface area (Å²) in [6.45, 7) is 1.70. The lowest BCUT2D eigenvalue weighted by molar-refractivity contribution is -0.0133. The van der Waals surface area contributed by atoms with Gasteiger partial charge in [-0.25, -0.2) is 14.9 Å². The van der Waals surface area contributed by atoms with Crippen molar-refractivity contribution in [3.8, 4) is 0 Å². The van der Waals surface area contributed by atoms with Crippen molar-refractivity contribution < 1.29 is 19.1 Å². The van der Waals surface area contributed by atoms with E-state index in [1.165, 1.54) is 23.0 Å². The lowest BCUT2D eigenvalue weighted by atomic mass is 10.2. The number of aliphatic hydroxyl groups excluding tert-OH is 1. The third-order valence-corrected chi connectivity index (χ3v) is 4.78. The molecule has 0 saturated carbocycles. The van der Waals surface area contributed by atoms with Crippen molar-refractivity contribution >= 4 is 50.5 Å². The molecular weight excluding hydrogens is 455 g/mol. The third-order valence-electron chi connectivity index (χ3n) is 3.97. The Balaban J connectivity index is 1.96. The highest BCUT2D eigenvalue weighted by atomic mass is 79.9. The number of fused-ring (bicyclic) bond motifs is 1. The average molecular weight is 472 g/mol. The molecule has 148 valence electrons. The quantitative estimate of drug-likeness (QED) is 0.452. The lowest BCUT2D eigenvalue weighted by Crippen LogP contribution is -2.29. The Labute approximate surface area is 173 Å². The third kappa shape index (κ3) is 4.44. The molecule has 0 aliphatic carbocycles. The van der Waals surface area contributed by atoms with Gasteiger partial charge in [-0.15, -0.1) is 0 Å². The van der Waals surface area contributed by atoms with Gasteiger partial charge in [0.2, 0.25) is 0 Å². The number of imidazole rings is 1. The number of amides is 1. The van der Waals surface area contributed by atoms with E-state index in [2.05, 4.69) is 31.7 Å². The van der Waals surface area contributed by atoms with Crippen LogP contribution in [0.25, 0.3) is 5.65 Å². The van der Waals surface area contributed by atoms with Gasteiger partial charge in [-0.2, -0.15) is 0 Å². The van der Waals surface area contributed by atoms with E-state index >= 15 is 4.39 Å². The molecular formula is C18H17BrClFN4O3. The van der Waals surface area contributed by atoms with Crippen molar-refractivity contribution in [3.63, 3.8) is 0 Å². The molecule has 2 heterocycles. The number of hydrogen-bond acceptors (Lipinski definition) is 5. The molecule has 7 nitrogen and oxygen atoms in total. The van der Waals surface area contributed by atoms with Crippen LogP contribution in [0.4, 0.5) is 15.8 Å². The number of halogens is 3. The van der Waals surface area contributed by atoms with Crippen molar-refractivity contribution in [2.24, 2.45) is 0 Å². The molecule has 28 heavy (non-hydrogen) atoms. The van der Waals surface area contributed by atoms with Crippen molar-refractivity contribution in [1.29, 1.82) is 0 Å². The Morgan fingerprint density at radius 3 is 3.00 bits per heavy atom. The second kappa shape index (κ2) is 8.87. The van der Waals surface area contributed by atoms with E-state index in [1.807, 2.05) is 0 Å². The van der Waals surface area contributed by atoms with Gasteiger partial charge >= 0.3 is 0 Å². The molecule has 2 aromatic heterocycles. The Morgan fingerprint density at radius 2 is 2.29 bits per heavy atom.